The van der Waals surface area contributed by atoms with Crippen molar-refractivity contribution >= 4 is 23.1 Å². The number of hydrogen-bond acceptors (Lipinski definition) is 3. The second kappa shape index (κ2) is 4.85. The zero-order valence-electron chi connectivity index (χ0n) is 9.08. The van der Waals surface area contributed by atoms with E-state index in [4.69, 9.17) is 17.3 Å². The van der Waals surface area contributed by atoms with Crippen LogP contribution in [0.5, 0.6) is 0 Å². The van der Waals surface area contributed by atoms with Crippen LogP contribution < -0.4 is 10.6 Å². The van der Waals surface area contributed by atoms with Crippen LogP contribution >= 0.6 is 11.6 Å². The Bertz CT molecular complexity index is 400. The Morgan fingerprint density at radius 2 is 2.06 bits per heavy atom. The van der Waals surface area contributed by atoms with Crippen LogP contribution in [-0.2, 0) is 0 Å². The number of nitrogens with zero attached hydrogens (tertiary/aromatic N) is 1. The number of ketones is 1. The molecule has 0 aromatic heterocycles. The van der Waals surface area contributed by atoms with E-state index in [0.29, 0.717) is 10.6 Å². The van der Waals surface area contributed by atoms with Crippen molar-refractivity contribution in [2.75, 3.05) is 24.5 Å². The minimum atomic E-state index is -0.0903. The van der Waals surface area contributed by atoms with Gasteiger partial charge in [-0.1, -0.05) is 17.7 Å². The summed E-state index contributed by atoms with van der Waals surface area (Å²) in [6.07, 6.45) is 2.34. The minimum absolute atomic E-state index is 0.00454. The number of nitrogens with two attached hydrogens (primary N) is 1. The summed E-state index contributed by atoms with van der Waals surface area (Å²) in [4.78, 5) is 14.0. The maximum atomic E-state index is 11.8. The lowest BCUT2D eigenvalue weighted by Gasteiger charge is -2.21. The van der Waals surface area contributed by atoms with E-state index in [1.54, 1.807) is 6.07 Å². The average molecular weight is 239 g/mol. The lowest BCUT2D eigenvalue weighted by molar-refractivity contribution is 0.100. The predicted octanol–water partition coefficient (Wildman–Crippen LogP) is 2.08. The van der Waals surface area contributed by atoms with E-state index in [1.165, 1.54) is 12.8 Å². The second-order valence-corrected chi connectivity index (χ2v) is 4.36. The van der Waals surface area contributed by atoms with Gasteiger partial charge in [0.25, 0.3) is 0 Å². The van der Waals surface area contributed by atoms with Crippen LogP contribution in [0.3, 0.4) is 0 Å². The highest BCUT2D eigenvalue weighted by Gasteiger charge is 2.20. The molecule has 2 N–H and O–H groups in total. The second-order valence-electron chi connectivity index (χ2n) is 3.96. The average Bonchev–Trinajstić information content (AvgIpc) is 2.81. The number of rotatable bonds is 3. The number of carbonyl (C=O) groups excluding carboxylic acids is 1. The Balaban J connectivity index is 2.43. The highest BCUT2D eigenvalue weighted by atomic mass is 35.5. The van der Waals surface area contributed by atoms with Gasteiger partial charge in [0.2, 0.25) is 0 Å². The molecule has 0 spiro atoms. The first kappa shape index (κ1) is 11.4. The molecule has 86 valence electrons. The van der Waals surface area contributed by atoms with E-state index in [0.717, 1.165) is 18.8 Å². The maximum absolute atomic E-state index is 11.8. The van der Waals surface area contributed by atoms with Crippen molar-refractivity contribution in [1.82, 2.24) is 0 Å². The Morgan fingerprint density at radius 3 is 2.69 bits per heavy atom. The van der Waals surface area contributed by atoms with Crippen molar-refractivity contribution in [3.8, 4) is 0 Å². The predicted molar refractivity (Wildman–Crippen MR) is 66.3 cm³/mol. The summed E-state index contributed by atoms with van der Waals surface area (Å²) in [5, 5.41) is 0.500. The molecule has 0 saturated carbocycles. The molecule has 1 aliphatic rings. The van der Waals surface area contributed by atoms with Crippen molar-refractivity contribution in [3.05, 3.63) is 28.8 Å². The van der Waals surface area contributed by atoms with Crippen LogP contribution in [0.25, 0.3) is 0 Å². The molecule has 0 amide bonds. The number of Topliss-reactive ketones (excluding diaryl/α,β-unsaturated/α-hetero) is 1. The van der Waals surface area contributed by atoms with Gasteiger partial charge in [-0.25, -0.2) is 0 Å². The minimum Gasteiger partial charge on any atom is -0.371 e. The smallest absolute Gasteiger partial charge is 0.179 e. The summed E-state index contributed by atoms with van der Waals surface area (Å²) in [5.41, 5.74) is 6.92. The van der Waals surface area contributed by atoms with E-state index in [-0.39, 0.29) is 12.3 Å². The third-order valence-corrected chi connectivity index (χ3v) is 3.22. The summed E-state index contributed by atoms with van der Waals surface area (Å²) in [6, 6.07) is 5.56. The van der Waals surface area contributed by atoms with Crippen LogP contribution in [0.4, 0.5) is 5.69 Å². The largest absolute Gasteiger partial charge is 0.371 e. The molecular weight excluding hydrogens is 224 g/mol. The molecule has 2 rings (SSSR count). The lowest BCUT2D eigenvalue weighted by atomic mass is 10.1. The maximum Gasteiger partial charge on any atom is 0.179 e. The van der Waals surface area contributed by atoms with E-state index in [9.17, 15) is 4.79 Å². The van der Waals surface area contributed by atoms with Gasteiger partial charge in [0.05, 0.1) is 17.1 Å². The van der Waals surface area contributed by atoms with Gasteiger partial charge in [-0.2, -0.15) is 0 Å². The van der Waals surface area contributed by atoms with Gasteiger partial charge in [0, 0.05) is 18.8 Å². The molecule has 1 saturated heterocycles. The van der Waals surface area contributed by atoms with Crippen LogP contribution in [0.2, 0.25) is 5.02 Å². The molecule has 1 aromatic carbocycles. The van der Waals surface area contributed by atoms with Crippen molar-refractivity contribution < 1.29 is 4.79 Å². The Morgan fingerprint density at radius 1 is 1.38 bits per heavy atom. The summed E-state index contributed by atoms with van der Waals surface area (Å²) in [5.74, 6) is -0.0903. The van der Waals surface area contributed by atoms with Gasteiger partial charge >= 0.3 is 0 Å². The van der Waals surface area contributed by atoms with Crippen LogP contribution in [0.15, 0.2) is 18.2 Å². The molecule has 0 aliphatic carbocycles. The fourth-order valence-electron chi connectivity index (χ4n) is 2.11. The number of hydrogen-bond donors (Lipinski definition) is 1. The van der Waals surface area contributed by atoms with E-state index in [2.05, 4.69) is 4.90 Å². The zero-order chi connectivity index (χ0) is 11.5. The molecule has 16 heavy (non-hydrogen) atoms. The summed E-state index contributed by atoms with van der Waals surface area (Å²) in [7, 11) is 0. The highest BCUT2D eigenvalue weighted by Crippen LogP contribution is 2.30. The monoisotopic (exact) mass is 238 g/mol. The third kappa shape index (κ3) is 2.06. The molecule has 0 unspecified atom stereocenters. The van der Waals surface area contributed by atoms with Gasteiger partial charge in [0.15, 0.2) is 5.78 Å². The summed E-state index contributed by atoms with van der Waals surface area (Å²) >= 11 is 6.08. The molecule has 1 aromatic rings. The third-order valence-electron chi connectivity index (χ3n) is 2.90. The Kier molecular flexibility index (Phi) is 3.46. The van der Waals surface area contributed by atoms with Crippen LogP contribution in [0, 0.1) is 0 Å². The molecule has 0 radical (unpaired) electrons. The van der Waals surface area contributed by atoms with Gasteiger partial charge < -0.3 is 10.6 Å². The van der Waals surface area contributed by atoms with Crippen molar-refractivity contribution in [1.29, 1.82) is 0 Å². The first-order valence-corrected chi connectivity index (χ1v) is 5.88. The Hall–Kier alpha value is -1.06. The van der Waals surface area contributed by atoms with E-state index < -0.39 is 0 Å². The SMILES string of the molecule is NCC(=O)c1c(Cl)cccc1N1CCCC1. The first-order chi connectivity index (χ1) is 7.74. The Labute approximate surface area is 100 Å². The van der Waals surface area contributed by atoms with Crippen molar-refractivity contribution in [2.24, 2.45) is 5.73 Å². The topological polar surface area (TPSA) is 46.3 Å². The van der Waals surface area contributed by atoms with E-state index in [1.807, 2.05) is 12.1 Å². The van der Waals surface area contributed by atoms with Crippen molar-refractivity contribution in [3.63, 3.8) is 0 Å². The normalized spacial score (nSPS) is 15.5. The van der Waals surface area contributed by atoms with Crippen LogP contribution in [-0.4, -0.2) is 25.4 Å². The van der Waals surface area contributed by atoms with Crippen molar-refractivity contribution in [2.45, 2.75) is 12.8 Å². The van der Waals surface area contributed by atoms with Gasteiger partial charge in [-0.3, -0.25) is 4.79 Å². The summed E-state index contributed by atoms with van der Waals surface area (Å²) < 4.78 is 0. The standard InChI is InChI=1S/C12H15ClN2O/c13-9-4-3-5-10(12(9)11(16)8-14)15-6-1-2-7-15/h3-5H,1-2,6-8,14H2. The van der Waals surface area contributed by atoms with E-state index >= 15 is 0 Å². The molecule has 0 bridgehead atoms. The highest BCUT2D eigenvalue weighted by molar-refractivity contribution is 6.34. The number of anilines is 1. The molecule has 3 nitrogen and oxygen atoms in total. The first-order valence-electron chi connectivity index (χ1n) is 5.50. The van der Waals surface area contributed by atoms with Crippen LogP contribution in [0.1, 0.15) is 23.2 Å². The number of halogens is 1. The lowest BCUT2D eigenvalue weighted by Crippen LogP contribution is -2.23. The van der Waals surface area contributed by atoms with Gasteiger partial charge in [-0.15, -0.1) is 0 Å². The molecule has 1 heterocycles. The molecule has 1 aliphatic heterocycles. The molecule has 0 atom stereocenters. The number of benzene rings is 1. The molecular formula is C12H15ClN2O. The van der Waals surface area contributed by atoms with Gasteiger partial charge in [0.1, 0.15) is 0 Å². The fourth-order valence-corrected chi connectivity index (χ4v) is 2.39. The molecule has 4 heteroatoms. The summed E-state index contributed by atoms with van der Waals surface area (Å²) in [6.45, 7) is 1.99. The van der Waals surface area contributed by atoms with Gasteiger partial charge in [-0.05, 0) is 25.0 Å². The fraction of sp³-hybridized carbons (Fsp3) is 0.417. The quantitative estimate of drug-likeness (QED) is 0.821. The molecule has 1 fully saturated rings. The number of carbonyl (C=O) groups is 1. The zero-order valence-corrected chi connectivity index (χ0v) is 9.83.